The van der Waals surface area contributed by atoms with E-state index in [0.29, 0.717) is 11.8 Å². The zero-order chi connectivity index (χ0) is 13.1. The maximum atomic E-state index is 5.89. The molecule has 0 N–H and O–H groups in total. The predicted molar refractivity (Wildman–Crippen MR) is 77.3 cm³/mol. The van der Waals surface area contributed by atoms with Crippen LogP contribution in [0.4, 0.5) is 0 Å². The Morgan fingerprint density at radius 3 is 2.61 bits per heavy atom. The zero-order valence-electron chi connectivity index (χ0n) is 10.8. The summed E-state index contributed by atoms with van der Waals surface area (Å²) in [6, 6.07) is 11.9. The van der Waals surface area contributed by atoms with E-state index in [-0.39, 0.29) is 0 Å². The van der Waals surface area contributed by atoms with Gasteiger partial charge >= 0.3 is 0 Å². The fourth-order valence-electron chi connectivity index (χ4n) is 1.77. The van der Waals surface area contributed by atoms with E-state index in [1.807, 2.05) is 18.2 Å². The van der Waals surface area contributed by atoms with Crippen LogP contribution in [0, 0.1) is 6.92 Å². The van der Waals surface area contributed by atoms with Crippen molar-refractivity contribution >= 4 is 15.9 Å². The van der Waals surface area contributed by atoms with Crippen LogP contribution in [-0.2, 0) is 0 Å². The van der Waals surface area contributed by atoms with Crippen molar-refractivity contribution < 1.29 is 4.74 Å². The molecule has 0 unspecified atom stereocenters. The third-order valence-corrected chi connectivity index (χ3v) is 3.14. The topological polar surface area (TPSA) is 22.1 Å². The average Bonchev–Trinajstić information content (AvgIpc) is 2.28. The molecule has 0 aliphatic rings. The van der Waals surface area contributed by atoms with Gasteiger partial charge in [-0.25, -0.2) is 4.98 Å². The molecule has 0 fully saturated rings. The number of aromatic nitrogens is 1. The van der Waals surface area contributed by atoms with Crippen molar-refractivity contribution in [3.05, 3.63) is 52.1 Å². The number of benzene rings is 1. The third kappa shape index (κ3) is 3.10. The fraction of sp³-hybridized carbons (Fsp3) is 0.267. The Balaban J connectivity index is 2.36. The molecule has 0 spiro atoms. The second kappa shape index (κ2) is 5.53. The first-order chi connectivity index (χ1) is 8.56. The van der Waals surface area contributed by atoms with Crippen LogP contribution in [0.15, 0.2) is 41.0 Å². The second-order valence-corrected chi connectivity index (χ2v) is 5.41. The fourth-order valence-corrected chi connectivity index (χ4v) is 2.09. The molecule has 0 atom stereocenters. The molecule has 2 nitrogen and oxygen atoms in total. The van der Waals surface area contributed by atoms with E-state index >= 15 is 0 Å². The van der Waals surface area contributed by atoms with E-state index in [1.54, 1.807) is 0 Å². The molecule has 18 heavy (non-hydrogen) atoms. The van der Waals surface area contributed by atoms with Gasteiger partial charge in [0.2, 0.25) is 5.88 Å². The van der Waals surface area contributed by atoms with Crippen molar-refractivity contribution in [1.82, 2.24) is 4.98 Å². The van der Waals surface area contributed by atoms with Gasteiger partial charge in [0, 0.05) is 6.07 Å². The number of hydrogen-bond donors (Lipinski definition) is 0. The van der Waals surface area contributed by atoms with Gasteiger partial charge in [-0.1, -0.05) is 32.0 Å². The number of pyridine rings is 1. The van der Waals surface area contributed by atoms with E-state index in [9.17, 15) is 0 Å². The highest BCUT2D eigenvalue weighted by Gasteiger charge is 2.09. The maximum Gasteiger partial charge on any atom is 0.220 e. The number of ether oxygens (including phenoxy) is 1. The van der Waals surface area contributed by atoms with Crippen molar-refractivity contribution in [1.29, 1.82) is 0 Å². The molecule has 2 rings (SSSR count). The minimum absolute atomic E-state index is 0.424. The first kappa shape index (κ1) is 13.1. The molecule has 0 aliphatic carbocycles. The molecule has 1 aromatic carbocycles. The summed E-state index contributed by atoms with van der Waals surface area (Å²) in [6.45, 7) is 6.38. The van der Waals surface area contributed by atoms with Crippen molar-refractivity contribution in [3.63, 3.8) is 0 Å². The molecule has 1 heterocycles. The summed E-state index contributed by atoms with van der Waals surface area (Å²) < 4.78 is 6.67. The molecule has 1 aromatic heterocycles. The Labute approximate surface area is 116 Å². The van der Waals surface area contributed by atoms with E-state index in [4.69, 9.17) is 4.74 Å². The summed E-state index contributed by atoms with van der Waals surface area (Å²) in [7, 11) is 0. The lowest BCUT2D eigenvalue weighted by molar-refractivity contribution is 0.453. The standard InChI is InChI=1S/C15H16BrNO/c1-10(2)12-8-7-11(3)9-13(12)18-15-6-4-5-14(16)17-15/h4-10H,1-3H3. The number of nitrogens with zero attached hydrogens (tertiary/aromatic N) is 1. The van der Waals surface area contributed by atoms with Crippen molar-refractivity contribution in [2.75, 3.05) is 0 Å². The van der Waals surface area contributed by atoms with Crippen LogP contribution in [0.2, 0.25) is 0 Å². The molecule has 2 aromatic rings. The monoisotopic (exact) mass is 305 g/mol. The number of rotatable bonds is 3. The summed E-state index contributed by atoms with van der Waals surface area (Å²) in [5, 5.41) is 0. The molecule has 0 amide bonds. The quantitative estimate of drug-likeness (QED) is 0.739. The molecule has 0 bridgehead atoms. The van der Waals surface area contributed by atoms with Crippen molar-refractivity contribution in [2.24, 2.45) is 0 Å². The first-order valence-electron chi connectivity index (χ1n) is 5.97. The van der Waals surface area contributed by atoms with Gasteiger partial charge in [-0.2, -0.15) is 0 Å². The maximum absolute atomic E-state index is 5.89. The molecular weight excluding hydrogens is 290 g/mol. The van der Waals surface area contributed by atoms with Crippen LogP contribution in [0.5, 0.6) is 11.6 Å². The average molecular weight is 306 g/mol. The van der Waals surface area contributed by atoms with Gasteiger partial charge in [-0.3, -0.25) is 0 Å². The molecule has 0 saturated carbocycles. The van der Waals surface area contributed by atoms with E-state index in [2.05, 4.69) is 59.9 Å². The summed E-state index contributed by atoms with van der Waals surface area (Å²) >= 11 is 3.35. The SMILES string of the molecule is Cc1ccc(C(C)C)c(Oc2cccc(Br)n2)c1. The van der Waals surface area contributed by atoms with Crippen LogP contribution in [0.25, 0.3) is 0 Å². The summed E-state index contributed by atoms with van der Waals surface area (Å²) in [5.41, 5.74) is 2.38. The van der Waals surface area contributed by atoms with Crippen LogP contribution < -0.4 is 4.74 Å². The van der Waals surface area contributed by atoms with E-state index in [1.165, 1.54) is 11.1 Å². The molecule has 0 saturated heterocycles. The predicted octanol–water partition coefficient (Wildman–Crippen LogP) is 5.07. The van der Waals surface area contributed by atoms with Crippen LogP contribution in [0.3, 0.4) is 0 Å². The smallest absolute Gasteiger partial charge is 0.220 e. The summed E-state index contributed by atoms with van der Waals surface area (Å²) in [5.74, 6) is 1.92. The number of aryl methyl sites for hydroxylation is 1. The Hall–Kier alpha value is -1.35. The Morgan fingerprint density at radius 1 is 1.17 bits per heavy atom. The van der Waals surface area contributed by atoms with E-state index < -0.39 is 0 Å². The molecule has 0 radical (unpaired) electrons. The van der Waals surface area contributed by atoms with Crippen molar-refractivity contribution in [2.45, 2.75) is 26.7 Å². The highest BCUT2D eigenvalue weighted by molar-refractivity contribution is 9.10. The largest absolute Gasteiger partial charge is 0.439 e. The highest BCUT2D eigenvalue weighted by Crippen LogP contribution is 2.31. The molecule has 3 heteroatoms. The Kier molecular flexibility index (Phi) is 4.02. The lowest BCUT2D eigenvalue weighted by Crippen LogP contribution is -1.96. The third-order valence-electron chi connectivity index (χ3n) is 2.70. The minimum Gasteiger partial charge on any atom is -0.439 e. The minimum atomic E-state index is 0.424. The van der Waals surface area contributed by atoms with Crippen LogP contribution in [-0.4, -0.2) is 4.98 Å². The molecule has 0 aliphatic heterocycles. The lowest BCUT2D eigenvalue weighted by atomic mass is 10.0. The summed E-state index contributed by atoms with van der Waals surface area (Å²) in [6.07, 6.45) is 0. The Bertz CT molecular complexity index is 552. The number of hydrogen-bond acceptors (Lipinski definition) is 2. The van der Waals surface area contributed by atoms with Crippen molar-refractivity contribution in [3.8, 4) is 11.6 Å². The Morgan fingerprint density at radius 2 is 1.94 bits per heavy atom. The van der Waals surface area contributed by atoms with E-state index in [0.717, 1.165) is 10.4 Å². The molecular formula is C15H16BrNO. The van der Waals surface area contributed by atoms with Gasteiger partial charge in [0.05, 0.1) is 0 Å². The van der Waals surface area contributed by atoms with Crippen LogP contribution >= 0.6 is 15.9 Å². The van der Waals surface area contributed by atoms with Gasteiger partial charge in [0.25, 0.3) is 0 Å². The highest BCUT2D eigenvalue weighted by atomic mass is 79.9. The van der Waals surface area contributed by atoms with Gasteiger partial charge in [0.1, 0.15) is 10.4 Å². The van der Waals surface area contributed by atoms with Gasteiger partial charge in [-0.05, 0) is 52.0 Å². The molecule has 94 valence electrons. The summed E-state index contributed by atoms with van der Waals surface area (Å²) in [4.78, 5) is 4.29. The first-order valence-corrected chi connectivity index (χ1v) is 6.76. The zero-order valence-corrected chi connectivity index (χ0v) is 12.4. The van der Waals surface area contributed by atoms with Gasteiger partial charge < -0.3 is 4.74 Å². The number of halogens is 1. The van der Waals surface area contributed by atoms with Gasteiger partial charge in [-0.15, -0.1) is 0 Å². The van der Waals surface area contributed by atoms with Gasteiger partial charge in [0.15, 0.2) is 0 Å². The van der Waals surface area contributed by atoms with Crippen LogP contribution in [0.1, 0.15) is 30.9 Å². The normalized spacial score (nSPS) is 10.7. The second-order valence-electron chi connectivity index (χ2n) is 4.60. The lowest BCUT2D eigenvalue weighted by Gasteiger charge is -2.14.